The molecule has 3 aromatic rings. The minimum Gasteiger partial charge on any atom is -0.490 e. The summed E-state index contributed by atoms with van der Waals surface area (Å²) in [6, 6.07) is 15.3. The summed E-state index contributed by atoms with van der Waals surface area (Å²) in [5.74, 6) is -0.585. The monoisotopic (exact) mass is 668 g/mol. The van der Waals surface area contributed by atoms with Crippen LogP contribution in [0.3, 0.4) is 0 Å². The summed E-state index contributed by atoms with van der Waals surface area (Å²) >= 11 is 1.26. The van der Waals surface area contributed by atoms with Crippen LogP contribution >= 0.6 is 20.6 Å². The van der Waals surface area contributed by atoms with Crippen LogP contribution in [0.1, 0.15) is 89.7 Å². The molecule has 46 heavy (non-hydrogen) atoms. The number of carbonyl (C=O) groups is 2. The Balaban J connectivity index is 1.65. The van der Waals surface area contributed by atoms with Crippen molar-refractivity contribution in [2.75, 3.05) is 25.7 Å². The van der Waals surface area contributed by atoms with Gasteiger partial charge in [-0.25, -0.2) is 9.18 Å². The van der Waals surface area contributed by atoms with Crippen LogP contribution in [0.15, 0.2) is 61.3 Å². The topological polar surface area (TPSA) is 77.1 Å². The molecule has 6 unspecified atom stereocenters. The zero-order valence-electron chi connectivity index (χ0n) is 27.4. The fourth-order valence-electron chi connectivity index (χ4n) is 6.35. The molecule has 1 heterocycles. The van der Waals surface area contributed by atoms with Crippen molar-refractivity contribution in [3.05, 3.63) is 88.4 Å². The Kier molecular flexibility index (Phi) is 12.4. The van der Waals surface area contributed by atoms with E-state index in [4.69, 9.17) is 14.2 Å². The maximum Gasteiger partial charge on any atom is 0.348 e. The Morgan fingerprint density at radius 3 is 2.57 bits per heavy atom. The zero-order chi connectivity index (χ0) is 33.4. The van der Waals surface area contributed by atoms with E-state index in [2.05, 4.69) is 28.1 Å². The van der Waals surface area contributed by atoms with E-state index in [-0.39, 0.29) is 18.1 Å². The second-order valence-corrected chi connectivity index (χ2v) is 13.8. The first-order valence-corrected chi connectivity index (χ1v) is 17.1. The van der Waals surface area contributed by atoms with E-state index in [0.29, 0.717) is 46.1 Å². The summed E-state index contributed by atoms with van der Waals surface area (Å²) in [5.41, 5.74) is 3.96. The number of thiophene rings is 1. The second-order valence-electron chi connectivity index (χ2n) is 11.9. The molecule has 2 aromatic carbocycles. The van der Waals surface area contributed by atoms with Gasteiger partial charge in [0.1, 0.15) is 21.7 Å². The van der Waals surface area contributed by atoms with Crippen molar-refractivity contribution in [1.82, 2.24) is 5.32 Å². The van der Waals surface area contributed by atoms with Crippen molar-refractivity contribution < 1.29 is 28.2 Å². The fourth-order valence-corrected chi connectivity index (χ4v) is 8.22. The van der Waals surface area contributed by atoms with Gasteiger partial charge < -0.3 is 24.4 Å². The van der Waals surface area contributed by atoms with Gasteiger partial charge in [0.2, 0.25) is 6.41 Å². The molecule has 1 aliphatic rings. The molecule has 1 N–H and O–H groups in total. The van der Waals surface area contributed by atoms with Gasteiger partial charge >= 0.3 is 5.97 Å². The first kappa shape index (κ1) is 35.6. The molecule has 10 heteroatoms. The van der Waals surface area contributed by atoms with Gasteiger partial charge in [-0.3, -0.25) is 4.79 Å². The Morgan fingerprint density at radius 1 is 1.15 bits per heavy atom. The molecule has 0 spiro atoms. The summed E-state index contributed by atoms with van der Waals surface area (Å²) in [6.07, 6.45) is 6.99. The molecule has 1 amide bonds. The van der Waals surface area contributed by atoms with Crippen molar-refractivity contribution in [1.29, 1.82) is 0 Å². The molecule has 4 rings (SSSR count). The quantitative estimate of drug-likeness (QED) is 0.0673. The summed E-state index contributed by atoms with van der Waals surface area (Å²) < 4.78 is 33.7. The molecule has 0 fully saturated rings. The van der Waals surface area contributed by atoms with E-state index < -0.39 is 17.3 Å². The highest BCUT2D eigenvalue weighted by Crippen LogP contribution is 2.61. The van der Waals surface area contributed by atoms with Crippen LogP contribution in [0.25, 0.3) is 0 Å². The van der Waals surface area contributed by atoms with Crippen LogP contribution in [-0.4, -0.2) is 45.4 Å². The van der Waals surface area contributed by atoms with Gasteiger partial charge in [0.25, 0.3) is 0 Å². The number of carbonyl (C=O) groups excluding carboxylic acids is 2. The van der Waals surface area contributed by atoms with Crippen molar-refractivity contribution in [3.63, 3.8) is 0 Å². The molecule has 7 nitrogen and oxygen atoms in total. The van der Waals surface area contributed by atoms with Crippen molar-refractivity contribution in [2.24, 2.45) is 0 Å². The average molecular weight is 669 g/mol. The third-order valence-corrected chi connectivity index (χ3v) is 10.7. The Morgan fingerprint density at radius 2 is 1.89 bits per heavy atom. The number of unbranched alkanes of at least 4 members (excludes halogenated alkanes) is 1. The van der Waals surface area contributed by atoms with Crippen LogP contribution < -0.4 is 15.0 Å². The second kappa shape index (κ2) is 16.0. The number of aryl methyl sites for hydroxylation is 1. The number of nitrogens with zero attached hydrogens (tertiary/aromatic N) is 1. The highest BCUT2D eigenvalue weighted by Gasteiger charge is 2.50. The smallest absolute Gasteiger partial charge is 0.348 e. The number of alkyl halides is 1. The van der Waals surface area contributed by atoms with E-state index in [9.17, 15) is 9.59 Å². The van der Waals surface area contributed by atoms with Crippen molar-refractivity contribution >= 4 is 43.6 Å². The lowest BCUT2D eigenvalue weighted by Crippen LogP contribution is -2.24. The summed E-state index contributed by atoms with van der Waals surface area (Å²) in [6.45, 7) is 10.7. The van der Waals surface area contributed by atoms with Crippen LogP contribution in [0.5, 0.6) is 5.75 Å². The lowest BCUT2D eigenvalue weighted by atomic mass is 9.87. The third-order valence-electron chi connectivity index (χ3n) is 8.92. The zero-order valence-corrected chi connectivity index (χ0v) is 29.4. The Hall–Kier alpha value is -3.26. The minimum atomic E-state index is -1.75. The number of benzene rings is 2. The number of amides is 1. The summed E-state index contributed by atoms with van der Waals surface area (Å²) in [4.78, 5) is 26.3. The summed E-state index contributed by atoms with van der Waals surface area (Å²) in [5, 5.41) is 1.71. The largest absolute Gasteiger partial charge is 0.490 e. The summed E-state index contributed by atoms with van der Waals surface area (Å²) in [7, 11) is 5.47. The number of halogens is 1. The number of hydrogen-bond donors (Lipinski definition) is 1. The third kappa shape index (κ3) is 7.81. The fraction of sp³-hybridized carbons (Fsp3) is 0.444. The number of ether oxygens (including phenoxy) is 3. The number of fused-ring (bicyclic) bond motifs is 1. The maximum absolute atomic E-state index is 16.6. The van der Waals surface area contributed by atoms with Gasteiger partial charge in [0.05, 0.1) is 18.9 Å². The van der Waals surface area contributed by atoms with E-state index in [1.54, 1.807) is 13.3 Å². The molecule has 6 atom stereocenters. The average Bonchev–Trinajstić information content (AvgIpc) is 3.56. The van der Waals surface area contributed by atoms with Crippen molar-refractivity contribution in [2.45, 2.75) is 82.3 Å². The minimum absolute atomic E-state index is 0.0949. The number of methoxy groups -OCH3 is 2. The van der Waals surface area contributed by atoms with Gasteiger partial charge in [-0.2, -0.15) is 0 Å². The molecule has 0 bridgehead atoms. The lowest BCUT2D eigenvalue weighted by Gasteiger charge is -2.27. The van der Waals surface area contributed by atoms with Crippen LogP contribution in [0.2, 0.25) is 0 Å². The van der Waals surface area contributed by atoms with Gasteiger partial charge in [0.15, 0.2) is 5.41 Å². The molecule has 248 valence electrons. The van der Waals surface area contributed by atoms with E-state index >= 15 is 4.39 Å². The molecular formula is C36H46FN2O5PS. The predicted molar refractivity (Wildman–Crippen MR) is 187 cm³/mol. The van der Waals surface area contributed by atoms with Gasteiger partial charge in [-0.1, -0.05) is 59.5 Å². The standard InChI is InChI=1S/C36H46FN2O5PS/c1-7-39(31-20-27(17-16-23(31)2)44-26(18-19-38-22-40)13-9-8-12-24(3)42-5)32-21-29(34(46-32)35(41)43-6)33-25(4)28-14-10-11-15-30(28)36(33,37)45/h7,10-11,14-17,20-22,24-26,33H,1,8-9,12-13,18-19,45H2,2-6H3,(H,38,40). The molecule has 0 radical (unpaired) electrons. The molecular weight excluding hydrogens is 622 g/mol. The van der Waals surface area contributed by atoms with Crippen molar-refractivity contribution in [3.8, 4) is 5.75 Å². The van der Waals surface area contributed by atoms with Gasteiger partial charge in [0, 0.05) is 38.3 Å². The van der Waals surface area contributed by atoms with E-state index in [0.717, 1.165) is 42.5 Å². The van der Waals surface area contributed by atoms with Crippen LogP contribution in [-0.2, 0) is 19.7 Å². The molecule has 0 saturated heterocycles. The number of esters is 1. The number of anilines is 2. The van der Waals surface area contributed by atoms with E-state index in [1.165, 1.54) is 18.4 Å². The first-order chi connectivity index (χ1) is 22.1. The number of hydrogen-bond acceptors (Lipinski definition) is 7. The Bertz CT molecular complexity index is 1510. The molecule has 0 aliphatic heterocycles. The SMILES string of the molecule is C=CN(c1cc(C2C(C)c3ccccc3C2(F)P)c(C(=O)OC)s1)c1cc(OC(CCCCC(C)OC)CCNC=O)ccc1C. The van der Waals surface area contributed by atoms with Crippen LogP contribution in [0, 0.1) is 6.92 Å². The van der Waals surface area contributed by atoms with Gasteiger partial charge in [-0.15, -0.1) is 11.3 Å². The highest BCUT2D eigenvalue weighted by molar-refractivity contribution is 7.19. The molecule has 0 saturated carbocycles. The molecule has 1 aromatic heterocycles. The normalized spacial score (nSPS) is 20.0. The van der Waals surface area contributed by atoms with Crippen LogP contribution in [0.4, 0.5) is 15.1 Å². The van der Waals surface area contributed by atoms with E-state index in [1.807, 2.05) is 67.3 Å². The number of nitrogens with one attached hydrogen (secondary N) is 1. The maximum atomic E-state index is 16.6. The highest BCUT2D eigenvalue weighted by atomic mass is 32.1. The number of rotatable bonds is 17. The lowest BCUT2D eigenvalue weighted by molar-refractivity contribution is -0.109. The van der Waals surface area contributed by atoms with Gasteiger partial charge in [-0.05, 0) is 73.4 Å². The molecule has 1 aliphatic carbocycles. The predicted octanol–water partition coefficient (Wildman–Crippen LogP) is 8.50. The Labute approximate surface area is 278 Å². The first-order valence-electron chi connectivity index (χ1n) is 15.7.